The average molecular weight is 375 g/mol. The summed E-state index contributed by atoms with van der Waals surface area (Å²) in [5, 5.41) is 10.4. The molecular weight excluding hydrogens is 361 g/mol. The van der Waals surface area contributed by atoms with Crippen LogP contribution < -0.4 is 11.3 Å². The molecule has 25 heavy (non-hydrogen) atoms. The second kappa shape index (κ2) is 5.32. The van der Waals surface area contributed by atoms with Gasteiger partial charge < -0.3 is 30.1 Å². The number of phosphoric ester groups is 1. The van der Waals surface area contributed by atoms with Gasteiger partial charge >= 0.3 is 7.82 Å². The van der Waals surface area contributed by atoms with E-state index in [0.717, 1.165) is 0 Å². The Balaban J connectivity index is 1.70. The van der Waals surface area contributed by atoms with Crippen LogP contribution in [0.4, 0.5) is 5.95 Å². The molecule has 14 heteroatoms. The highest BCUT2D eigenvalue weighted by molar-refractivity contribution is 7.46. The summed E-state index contributed by atoms with van der Waals surface area (Å²) in [6, 6.07) is 0. The summed E-state index contributed by atoms with van der Waals surface area (Å²) in [5.74, 6) is -0.122. The van der Waals surface area contributed by atoms with Crippen molar-refractivity contribution in [1.82, 2.24) is 19.5 Å². The van der Waals surface area contributed by atoms with Gasteiger partial charge in [0.2, 0.25) is 5.95 Å². The third-order valence-corrected chi connectivity index (χ3v) is 4.67. The molecule has 4 atom stereocenters. The molecule has 0 saturated carbocycles. The Bertz CT molecular complexity index is 938. The van der Waals surface area contributed by atoms with Crippen molar-refractivity contribution in [2.24, 2.45) is 0 Å². The number of rotatable bonds is 4. The number of nitrogens with two attached hydrogens (primary N) is 1. The maximum absolute atomic E-state index is 11.8. The van der Waals surface area contributed by atoms with Crippen molar-refractivity contribution >= 4 is 24.9 Å². The van der Waals surface area contributed by atoms with Crippen LogP contribution in [0.25, 0.3) is 11.2 Å². The normalized spacial score (nSPS) is 31.9. The summed E-state index contributed by atoms with van der Waals surface area (Å²) in [7, 11) is -4.75. The number of ether oxygens (including phenoxy) is 2. The third kappa shape index (κ3) is 2.57. The smallest absolute Gasteiger partial charge is 0.387 e. The van der Waals surface area contributed by atoms with Gasteiger partial charge in [0.15, 0.2) is 17.4 Å². The Morgan fingerprint density at radius 1 is 1.56 bits per heavy atom. The fraction of sp³-hybridized carbons (Fsp3) is 0.545. The molecule has 2 aromatic heterocycles. The van der Waals surface area contributed by atoms with Gasteiger partial charge in [-0.25, -0.2) is 9.55 Å². The molecule has 0 radical (unpaired) electrons. The van der Waals surface area contributed by atoms with Crippen molar-refractivity contribution in [3.8, 4) is 0 Å². The molecule has 2 aliphatic heterocycles. The number of H-pyrrole nitrogens is 1. The number of nitrogen functional groups attached to an aromatic ring is 1. The van der Waals surface area contributed by atoms with Gasteiger partial charge in [-0.3, -0.25) is 18.9 Å². The van der Waals surface area contributed by atoms with E-state index in [9.17, 15) is 14.5 Å². The molecule has 2 fully saturated rings. The van der Waals surface area contributed by atoms with Crippen LogP contribution in [0.1, 0.15) is 6.23 Å². The number of aromatic amines is 1. The van der Waals surface area contributed by atoms with Crippen molar-refractivity contribution in [3.05, 3.63) is 16.7 Å². The SMILES string of the molecule is Nc1nc2c(ncn2C2OC3(COP(=O)(O)O)COC2C3O)c(=O)[nH]1. The first-order valence-corrected chi connectivity index (χ1v) is 8.63. The largest absolute Gasteiger partial charge is 0.469 e. The quantitative estimate of drug-likeness (QED) is 0.365. The second-order valence-electron chi connectivity index (χ2n) is 5.83. The van der Waals surface area contributed by atoms with Crippen LogP contribution in [0.15, 0.2) is 11.1 Å². The van der Waals surface area contributed by atoms with Crippen molar-refractivity contribution < 1.29 is 33.5 Å². The first-order chi connectivity index (χ1) is 11.7. The fourth-order valence-electron chi connectivity index (χ4n) is 3.06. The van der Waals surface area contributed by atoms with Crippen molar-refractivity contribution in [3.63, 3.8) is 0 Å². The Labute approximate surface area is 138 Å². The zero-order valence-corrected chi connectivity index (χ0v) is 13.4. The molecular formula is C11H14N5O8P. The van der Waals surface area contributed by atoms with Crippen molar-refractivity contribution in [1.29, 1.82) is 0 Å². The van der Waals surface area contributed by atoms with Crippen LogP contribution in [0, 0.1) is 0 Å². The number of fused-ring (bicyclic) bond motifs is 3. The molecule has 4 unspecified atom stereocenters. The lowest BCUT2D eigenvalue weighted by Crippen LogP contribution is -2.44. The molecule has 0 aliphatic carbocycles. The standard InChI is InChI=1S/C11H14N5O8P/c12-10-14-7-4(8(18)15-10)13-3-16(7)9-5-6(17)11(24-9,1-22-5)2-23-25(19,20)21/h3,5-6,9,17H,1-2H2,(H2,19,20,21)(H3,12,14,15,18). The van der Waals surface area contributed by atoms with E-state index in [1.165, 1.54) is 10.9 Å². The summed E-state index contributed by atoms with van der Waals surface area (Å²) in [6.45, 7) is -0.688. The van der Waals surface area contributed by atoms with E-state index in [0.29, 0.717) is 0 Å². The summed E-state index contributed by atoms with van der Waals surface area (Å²) < 4.78 is 28.0. The van der Waals surface area contributed by atoms with Gasteiger partial charge in [-0.1, -0.05) is 0 Å². The van der Waals surface area contributed by atoms with Gasteiger partial charge in [-0.2, -0.15) is 4.98 Å². The molecule has 2 aliphatic rings. The van der Waals surface area contributed by atoms with Crippen LogP contribution in [0.2, 0.25) is 0 Å². The van der Waals surface area contributed by atoms with Crippen LogP contribution in [-0.2, 0) is 18.6 Å². The number of aromatic nitrogens is 4. The predicted molar refractivity (Wildman–Crippen MR) is 79.2 cm³/mol. The van der Waals surface area contributed by atoms with Crippen LogP contribution >= 0.6 is 7.82 Å². The molecule has 13 nitrogen and oxygen atoms in total. The zero-order chi connectivity index (χ0) is 18.0. The number of nitrogens with zero attached hydrogens (tertiary/aromatic N) is 3. The minimum Gasteiger partial charge on any atom is -0.387 e. The van der Waals surface area contributed by atoms with E-state index in [-0.39, 0.29) is 23.7 Å². The first kappa shape index (κ1) is 16.6. The van der Waals surface area contributed by atoms with E-state index in [4.69, 9.17) is 25.0 Å². The number of aliphatic hydroxyl groups excluding tert-OH is 1. The Hall–Kier alpha value is -1.86. The minimum atomic E-state index is -4.75. The maximum Gasteiger partial charge on any atom is 0.469 e. The minimum absolute atomic E-state index is 0.0237. The predicted octanol–water partition coefficient (Wildman–Crippen LogP) is -2.16. The summed E-state index contributed by atoms with van der Waals surface area (Å²) in [5.41, 5.74) is 3.69. The molecule has 0 aromatic carbocycles. The zero-order valence-electron chi connectivity index (χ0n) is 12.5. The lowest BCUT2D eigenvalue weighted by molar-refractivity contribution is -0.183. The van der Waals surface area contributed by atoms with E-state index in [1.807, 2.05) is 0 Å². The first-order valence-electron chi connectivity index (χ1n) is 7.10. The Morgan fingerprint density at radius 2 is 2.32 bits per heavy atom. The van der Waals surface area contributed by atoms with Gasteiger partial charge in [0.25, 0.3) is 5.56 Å². The van der Waals surface area contributed by atoms with Gasteiger partial charge in [-0.05, 0) is 0 Å². The van der Waals surface area contributed by atoms with E-state index >= 15 is 0 Å². The van der Waals surface area contributed by atoms with Crippen LogP contribution in [0.3, 0.4) is 0 Å². The lowest BCUT2D eigenvalue weighted by atomic mass is 10.0. The number of hydrogen-bond acceptors (Lipinski definition) is 9. The molecule has 136 valence electrons. The van der Waals surface area contributed by atoms with E-state index < -0.39 is 44.0 Å². The Morgan fingerprint density at radius 3 is 3.04 bits per heavy atom. The Kier molecular flexibility index (Phi) is 3.53. The second-order valence-corrected chi connectivity index (χ2v) is 7.07. The number of anilines is 1. The number of aliphatic hydroxyl groups is 1. The summed E-state index contributed by atoms with van der Waals surface area (Å²) in [4.78, 5) is 39.9. The molecule has 4 heterocycles. The topological polar surface area (TPSA) is 195 Å². The van der Waals surface area contributed by atoms with Gasteiger partial charge in [0, 0.05) is 0 Å². The molecule has 4 rings (SSSR count). The third-order valence-electron chi connectivity index (χ3n) is 4.21. The van der Waals surface area contributed by atoms with E-state index in [2.05, 4.69) is 19.5 Å². The molecule has 2 aromatic rings. The van der Waals surface area contributed by atoms with Crippen molar-refractivity contribution in [2.45, 2.75) is 24.0 Å². The van der Waals surface area contributed by atoms with E-state index in [1.54, 1.807) is 0 Å². The highest BCUT2D eigenvalue weighted by Gasteiger charge is 2.62. The van der Waals surface area contributed by atoms with Crippen LogP contribution in [-0.4, -0.2) is 65.4 Å². The summed E-state index contributed by atoms with van der Waals surface area (Å²) in [6.07, 6.45) is -1.71. The number of imidazole rings is 1. The van der Waals surface area contributed by atoms with Gasteiger partial charge in [0.05, 0.1) is 19.5 Å². The highest BCUT2D eigenvalue weighted by Crippen LogP contribution is 2.48. The average Bonchev–Trinajstić information content (AvgIpc) is 3.15. The fourth-order valence-corrected chi connectivity index (χ4v) is 3.45. The number of hydrogen-bond donors (Lipinski definition) is 5. The molecule has 0 spiro atoms. The number of phosphoric acid groups is 1. The highest BCUT2D eigenvalue weighted by atomic mass is 31.2. The maximum atomic E-state index is 11.8. The number of nitrogens with one attached hydrogen (secondary N) is 1. The summed E-state index contributed by atoms with van der Waals surface area (Å²) >= 11 is 0. The van der Waals surface area contributed by atoms with Crippen LogP contribution in [0.5, 0.6) is 0 Å². The molecule has 6 N–H and O–H groups in total. The molecule has 2 bridgehead atoms. The van der Waals surface area contributed by atoms with Crippen molar-refractivity contribution in [2.75, 3.05) is 18.9 Å². The lowest BCUT2D eigenvalue weighted by Gasteiger charge is -2.30. The monoisotopic (exact) mass is 375 g/mol. The molecule has 0 amide bonds. The molecule has 2 saturated heterocycles. The van der Waals surface area contributed by atoms with Gasteiger partial charge in [0.1, 0.15) is 17.8 Å². The van der Waals surface area contributed by atoms with Gasteiger partial charge in [-0.15, -0.1) is 0 Å².